The zero-order valence-electron chi connectivity index (χ0n) is 6.76. The standard InChI is InChI=1S/C8H7IN4/c9-8-10-12-13(11-8)6-7-4-2-1-3-5-7/h1-5H,6H2. The Labute approximate surface area is 89.1 Å². The summed E-state index contributed by atoms with van der Waals surface area (Å²) in [7, 11) is 0. The van der Waals surface area contributed by atoms with E-state index in [9.17, 15) is 0 Å². The molecule has 0 N–H and O–H groups in total. The van der Waals surface area contributed by atoms with E-state index in [1.54, 1.807) is 4.80 Å². The minimum absolute atomic E-state index is 0.675. The predicted molar refractivity (Wildman–Crippen MR) is 56.1 cm³/mol. The first kappa shape index (κ1) is 8.61. The molecule has 0 bridgehead atoms. The van der Waals surface area contributed by atoms with Crippen LogP contribution in [-0.2, 0) is 6.54 Å². The molecular weight excluding hydrogens is 279 g/mol. The van der Waals surface area contributed by atoms with Gasteiger partial charge in [0.2, 0.25) is 3.83 Å². The summed E-state index contributed by atoms with van der Waals surface area (Å²) >= 11 is 2.04. The summed E-state index contributed by atoms with van der Waals surface area (Å²) in [6.07, 6.45) is 0. The Bertz CT molecular complexity index is 384. The van der Waals surface area contributed by atoms with Crippen LogP contribution in [0, 0.1) is 3.83 Å². The molecule has 1 aromatic heterocycles. The quantitative estimate of drug-likeness (QED) is 0.782. The second-order valence-electron chi connectivity index (χ2n) is 2.57. The third-order valence-corrected chi connectivity index (χ3v) is 2.03. The van der Waals surface area contributed by atoms with Gasteiger partial charge in [-0.05, 0) is 10.8 Å². The van der Waals surface area contributed by atoms with Gasteiger partial charge in [-0.3, -0.25) is 0 Å². The van der Waals surface area contributed by atoms with Crippen LogP contribution in [0.4, 0.5) is 0 Å². The number of benzene rings is 1. The maximum atomic E-state index is 4.09. The van der Waals surface area contributed by atoms with Gasteiger partial charge in [0.05, 0.1) is 6.54 Å². The molecule has 4 nitrogen and oxygen atoms in total. The van der Waals surface area contributed by atoms with Gasteiger partial charge in [0.1, 0.15) is 0 Å². The van der Waals surface area contributed by atoms with E-state index in [2.05, 4.69) is 15.4 Å². The van der Waals surface area contributed by atoms with E-state index in [1.807, 2.05) is 52.9 Å². The highest BCUT2D eigenvalue weighted by Gasteiger charge is 1.98. The average Bonchev–Trinajstić information content (AvgIpc) is 2.53. The second kappa shape index (κ2) is 3.82. The van der Waals surface area contributed by atoms with Crippen molar-refractivity contribution in [2.75, 3.05) is 0 Å². The van der Waals surface area contributed by atoms with Gasteiger partial charge in [-0.2, -0.15) is 4.80 Å². The highest BCUT2D eigenvalue weighted by Crippen LogP contribution is 2.00. The average molecular weight is 286 g/mol. The molecule has 13 heavy (non-hydrogen) atoms. The highest BCUT2D eigenvalue weighted by molar-refractivity contribution is 14.1. The lowest BCUT2D eigenvalue weighted by Crippen LogP contribution is -2.03. The number of hydrogen-bond donors (Lipinski definition) is 0. The fourth-order valence-corrected chi connectivity index (χ4v) is 1.38. The third kappa shape index (κ3) is 2.24. The molecule has 5 heteroatoms. The van der Waals surface area contributed by atoms with Crippen molar-refractivity contribution in [2.45, 2.75) is 6.54 Å². The van der Waals surface area contributed by atoms with Gasteiger partial charge in [-0.1, -0.05) is 30.3 Å². The van der Waals surface area contributed by atoms with Crippen LogP contribution in [0.3, 0.4) is 0 Å². The number of hydrogen-bond acceptors (Lipinski definition) is 3. The Kier molecular flexibility index (Phi) is 2.53. The molecule has 0 amide bonds. The van der Waals surface area contributed by atoms with Crippen molar-refractivity contribution in [2.24, 2.45) is 0 Å². The fourth-order valence-electron chi connectivity index (χ4n) is 1.04. The number of halogens is 1. The van der Waals surface area contributed by atoms with E-state index in [0.717, 1.165) is 0 Å². The molecule has 66 valence electrons. The second-order valence-corrected chi connectivity index (χ2v) is 3.54. The number of rotatable bonds is 2. The topological polar surface area (TPSA) is 43.6 Å². The van der Waals surface area contributed by atoms with E-state index >= 15 is 0 Å². The molecule has 2 rings (SSSR count). The van der Waals surface area contributed by atoms with Gasteiger partial charge in [-0.25, -0.2) is 0 Å². The van der Waals surface area contributed by atoms with Crippen molar-refractivity contribution in [3.63, 3.8) is 0 Å². The van der Waals surface area contributed by atoms with E-state index < -0.39 is 0 Å². The molecule has 2 aromatic rings. The molecule has 0 aliphatic heterocycles. The maximum absolute atomic E-state index is 4.09. The maximum Gasteiger partial charge on any atom is 0.234 e. The van der Waals surface area contributed by atoms with Crippen LogP contribution in [-0.4, -0.2) is 20.2 Å². The molecule has 0 aliphatic carbocycles. The summed E-state index contributed by atoms with van der Waals surface area (Å²) in [5.41, 5.74) is 1.18. The SMILES string of the molecule is Ic1nnn(Cc2ccccc2)n1. The van der Waals surface area contributed by atoms with Gasteiger partial charge in [0.25, 0.3) is 0 Å². The van der Waals surface area contributed by atoms with Crippen molar-refractivity contribution < 1.29 is 0 Å². The molecule has 0 saturated carbocycles. The molecule has 0 spiro atoms. The molecular formula is C8H7IN4. The minimum Gasteiger partial charge on any atom is -0.159 e. The molecule has 0 fully saturated rings. The van der Waals surface area contributed by atoms with Crippen molar-refractivity contribution in [3.05, 3.63) is 39.7 Å². The molecule has 0 atom stereocenters. The summed E-state index contributed by atoms with van der Waals surface area (Å²) in [6.45, 7) is 0.677. The Balaban J connectivity index is 2.15. The molecule has 0 aliphatic rings. The van der Waals surface area contributed by atoms with Crippen LogP contribution in [0.1, 0.15) is 5.56 Å². The monoisotopic (exact) mass is 286 g/mol. The first-order valence-electron chi connectivity index (χ1n) is 3.82. The zero-order valence-corrected chi connectivity index (χ0v) is 8.92. The van der Waals surface area contributed by atoms with Crippen molar-refractivity contribution in [1.29, 1.82) is 0 Å². The predicted octanol–water partition coefficient (Wildman–Crippen LogP) is 1.33. The number of aromatic nitrogens is 4. The smallest absolute Gasteiger partial charge is 0.159 e. The lowest BCUT2D eigenvalue weighted by atomic mass is 10.2. The summed E-state index contributed by atoms with van der Waals surface area (Å²) in [5.74, 6) is 0. The Hall–Kier alpha value is -0.980. The molecule has 0 unspecified atom stereocenters. The van der Waals surface area contributed by atoms with Crippen molar-refractivity contribution in [3.8, 4) is 0 Å². The van der Waals surface area contributed by atoms with Gasteiger partial charge >= 0.3 is 0 Å². The zero-order chi connectivity index (χ0) is 9.10. The van der Waals surface area contributed by atoms with Gasteiger partial charge in [-0.15, -0.1) is 10.2 Å². The Morgan fingerprint density at radius 1 is 1.23 bits per heavy atom. The van der Waals surface area contributed by atoms with Crippen LogP contribution in [0.5, 0.6) is 0 Å². The van der Waals surface area contributed by atoms with E-state index in [-0.39, 0.29) is 0 Å². The number of tetrazole rings is 1. The van der Waals surface area contributed by atoms with Crippen LogP contribution in [0.15, 0.2) is 30.3 Å². The van der Waals surface area contributed by atoms with Crippen LogP contribution in [0.2, 0.25) is 0 Å². The van der Waals surface area contributed by atoms with E-state index in [0.29, 0.717) is 10.4 Å². The van der Waals surface area contributed by atoms with Crippen LogP contribution < -0.4 is 0 Å². The first-order valence-corrected chi connectivity index (χ1v) is 4.90. The fraction of sp³-hybridized carbons (Fsp3) is 0.125. The Morgan fingerprint density at radius 3 is 2.62 bits per heavy atom. The van der Waals surface area contributed by atoms with Crippen LogP contribution in [0.25, 0.3) is 0 Å². The summed E-state index contributed by atoms with van der Waals surface area (Å²) in [4.78, 5) is 1.58. The lowest BCUT2D eigenvalue weighted by Gasteiger charge is -1.97. The first-order chi connectivity index (χ1) is 6.34. The normalized spacial score (nSPS) is 10.2. The van der Waals surface area contributed by atoms with E-state index in [4.69, 9.17) is 0 Å². The highest BCUT2D eigenvalue weighted by atomic mass is 127. The largest absolute Gasteiger partial charge is 0.234 e. The number of nitrogens with zero attached hydrogens (tertiary/aromatic N) is 4. The Morgan fingerprint density at radius 2 is 2.00 bits per heavy atom. The van der Waals surface area contributed by atoms with E-state index in [1.165, 1.54) is 5.56 Å². The lowest BCUT2D eigenvalue weighted by molar-refractivity contribution is 0.571. The summed E-state index contributed by atoms with van der Waals surface area (Å²) in [6, 6.07) is 10.1. The summed E-state index contributed by atoms with van der Waals surface area (Å²) < 4.78 is 0.675. The van der Waals surface area contributed by atoms with Gasteiger partial charge in [0, 0.05) is 22.6 Å². The molecule has 1 heterocycles. The molecule has 0 radical (unpaired) electrons. The minimum atomic E-state index is 0.675. The van der Waals surface area contributed by atoms with Gasteiger partial charge in [0.15, 0.2) is 0 Å². The van der Waals surface area contributed by atoms with Crippen LogP contribution >= 0.6 is 22.6 Å². The molecule has 0 saturated heterocycles. The summed E-state index contributed by atoms with van der Waals surface area (Å²) in [5, 5.41) is 11.7. The van der Waals surface area contributed by atoms with Gasteiger partial charge < -0.3 is 0 Å². The van der Waals surface area contributed by atoms with Crippen molar-refractivity contribution >= 4 is 22.6 Å². The van der Waals surface area contributed by atoms with Crippen molar-refractivity contribution in [1.82, 2.24) is 20.2 Å². The third-order valence-electron chi connectivity index (χ3n) is 1.60. The molecule has 1 aromatic carbocycles.